The van der Waals surface area contributed by atoms with Crippen molar-refractivity contribution in [1.29, 1.82) is 0 Å². The lowest BCUT2D eigenvalue weighted by atomic mass is 9.98. The molecule has 3 rings (SSSR count). The van der Waals surface area contributed by atoms with Crippen molar-refractivity contribution in [3.05, 3.63) is 34.7 Å². The first-order valence-corrected chi connectivity index (χ1v) is 8.18. The van der Waals surface area contributed by atoms with Crippen molar-refractivity contribution >= 4 is 5.91 Å². The molecule has 2 aromatic heterocycles. The minimum absolute atomic E-state index is 0.0929. The first kappa shape index (κ1) is 15.8. The van der Waals surface area contributed by atoms with Crippen molar-refractivity contribution in [2.24, 2.45) is 5.92 Å². The predicted molar refractivity (Wildman–Crippen MR) is 86.1 cm³/mol. The third-order valence-electron chi connectivity index (χ3n) is 4.60. The lowest BCUT2D eigenvalue weighted by Crippen LogP contribution is -2.43. The summed E-state index contributed by atoms with van der Waals surface area (Å²) < 4.78 is 7.33. The Morgan fingerprint density at radius 1 is 1.48 bits per heavy atom. The molecule has 0 saturated heterocycles. The van der Waals surface area contributed by atoms with E-state index >= 15 is 0 Å². The Morgan fingerprint density at radius 3 is 2.96 bits per heavy atom. The van der Waals surface area contributed by atoms with Gasteiger partial charge in [0.25, 0.3) is 0 Å². The van der Waals surface area contributed by atoms with Crippen LogP contribution < -0.4 is 5.32 Å². The lowest BCUT2D eigenvalue weighted by Gasteiger charge is -2.26. The van der Waals surface area contributed by atoms with Crippen molar-refractivity contribution in [3.63, 3.8) is 0 Å². The summed E-state index contributed by atoms with van der Waals surface area (Å²) >= 11 is 0. The molecule has 0 aromatic carbocycles. The standard InChI is InChI=1S/C17H24N4O2/c1-10(7-15-12(3)20-23-13(15)4)17(22)19-14-5-6-16-18-11(2)8-21(16)9-14/h8,10,14H,5-7,9H2,1-4H3,(H,19,22)/t10-,14-/m0/s1. The maximum absolute atomic E-state index is 12.5. The van der Waals surface area contributed by atoms with Crippen LogP contribution in [0, 0.1) is 26.7 Å². The number of carbonyl (C=O) groups excluding carboxylic acids is 1. The van der Waals surface area contributed by atoms with E-state index in [-0.39, 0.29) is 17.9 Å². The Morgan fingerprint density at radius 2 is 2.26 bits per heavy atom. The molecule has 23 heavy (non-hydrogen) atoms. The van der Waals surface area contributed by atoms with E-state index in [4.69, 9.17) is 4.52 Å². The molecule has 2 atom stereocenters. The highest BCUT2D eigenvalue weighted by atomic mass is 16.5. The van der Waals surface area contributed by atoms with E-state index in [1.54, 1.807) is 0 Å². The van der Waals surface area contributed by atoms with Gasteiger partial charge in [-0.2, -0.15) is 0 Å². The third kappa shape index (κ3) is 3.30. The minimum Gasteiger partial charge on any atom is -0.361 e. The molecule has 1 amide bonds. The number of hydrogen-bond acceptors (Lipinski definition) is 4. The summed E-state index contributed by atoms with van der Waals surface area (Å²) in [5.41, 5.74) is 2.96. The Labute approximate surface area is 136 Å². The van der Waals surface area contributed by atoms with Crippen LogP contribution in [0.5, 0.6) is 0 Å². The first-order valence-electron chi connectivity index (χ1n) is 8.18. The summed E-state index contributed by atoms with van der Waals surface area (Å²) in [6.45, 7) is 8.58. The van der Waals surface area contributed by atoms with E-state index in [9.17, 15) is 4.79 Å². The molecule has 0 bridgehead atoms. The molecule has 0 radical (unpaired) electrons. The van der Waals surface area contributed by atoms with Crippen LogP contribution in [0.2, 0.25) is 0 Å². The number of nitrogens with zero attached hydrogens (tertiary/aromatic N) is 3. The van der Waals surface area contributed by atoms with E-state index in [1.165, 1.54) is 0 Å². The number of hydrogen-bond donors (Lipinski definition) is 1. The fourth-order valence-corrected chi connectivity index (χ4v) is 3.24. The molecular formula is C17H24N4O2. The van der Waals surface area contributed by atoms with E-state index in [2.05, 4.69) is 26.2 Å². The monoisotopic (exact) mass is 316 g/mol. The molecule has 1 aliphatic rings. The zero-order chi connectivity index (χ0) is 16.6. The van der Waals surface area contributed by atoms with Gasteiger partial charge < -0.3 is 14.4 Å². The van der Waals surface area contributed by atoms with Crippen molar-refractivity contribution in [1.82, 2.24) is 20.0 Å². The van der Waals surface area contributed by atoms with E-state index in [1.807, 2.05) is 27.7 Å². The summed E-state index contributed by atoms with van der Waals surface area (Å²) in [5, 5.41) is 7.14. The van der Waals surface area contributed by atoms with E-state index in [0.29, 0.717) is 6.42 Å². The molecule has 1 aliphatic heterocycles. The highest BCUT2D eigenvalue weighted by Gasteiger charge is 2.24. The Hall–Kier alpha value is -2.11. The third-order valence-corrected chi connectivity index (χ3v) is 4.60. The Balaban J connectivity index is 1.59. The maximum Gasteiger partial charge on any atom is 0.223 e. The van der Waals surface area contributed by atoms with Gasteiger partial charge in [-0.1, -0.05) is 12.1 Å². The zero-order valence-electron chi connectivity index (χ0n) is 14.2. The molecule has 1 N–H and O–H groups in total. The van der Waals surface area contributed by atoms with Gasteiger partial charge in [-0.05, 0) is 33.6 Å². The number of nitrogens with one attached hydrogen (secondary N) is 1. The van der Waals surface area contributed by atoms with Crippen molar-refractivity contribution in [3.8, 4) is 0 Å². The van der Waals surface area contributed by atoms with Crippen LogP contribution in [0.4, 0.5) is 0 Å². The number of aromatic nitrogens is 3. The molecular weight excluding hydrogens is 292 g/mol. The normalized spacial score (nSPS) is 18.5. The SMILES string of the molecule is Cc1cn2c(n1)CC[C@H](NC(=O)[C@@H](C)Cc1c(C)noc1C)C2. The zero-order valence-corrected chi connectivity index (χ0v) is 14.2. The van der Waals surface area contributed by atoms with E-state index < -0.39 is 0 Å². The van der Waals surface area contributed by atoms with Crippen molar-refractivity contribution in [2.75, 3.05) is 0 Å². The molecule has 3 heterocycles. The highest BCUT2D eigenvalue weighted by Crippen LogP contribution is 2.19. The summed E-state index contributed by atoms with van der Waals surface area (Å²) in [5.74, 6) is 1.92. The van der Waals surface area contributed by atoms with Gasteiger partial charge in [0, 0.05) is 36.7 Å². The number of aryl methyl sites for hydroxylation is 4. The van der Waals surface area contributed by atoms with Gasteiger partial charge in [-0.25, -0.2) is 4.98 Å². The molecule has 0 aliphatic carbocycles. The Kier molecular flexibility index (Phi) is 4.24. The Bertz CT molecular complexity index is 697. The maximum atomic E-state index is 12.5. The van der Waals surface area contributed by atoms with Gasteiger partial charge in [0.1, 0.15) is 11.6 Å². The van der Waals surface area contributed by atoms with Gasteiger partial charge >= 0.3 is 0 Å². The van der Waals surface area contributed by atoms with Crippen LogP contribution in [0.1, 0.15) is 41.9 Å². The minimum atomic E-state index is -0.0993. The molecule has 0 spiro atoms. The second kappa shape index (κ2) is 6.18. The number of carbonyl (C=O) groups is 1. The van der Waals surface area contributed by atoms with Gasteiger partial charge in [-0.15, -0.1) is 0 Å². The quantitative estimate of drug-likeness (QED) is 0.937. The first-order chi connectivity index (χ1) is 10.9. The molecule has 2 aromatic rings. The van der Waals surface area contributed by atoms with Crippen LogP contribution in [0.3, 0.4) is 0 Å². The van der Waals surface area contributed by atoms with Crippen LogP contribution in [-0.4, -0.2) is 26.7 Å². The number of amides is 1. The summed E-state index contributed by atoms with van der Waals surface area (Å²) in [7, 11) is 0. The largest absolute Gasteiger partial charge is 0.361 e. The molecule has 0 unspecified atom stereocenters. The predicted octanol–water partition coefficient (Wildman–Crippen LogP) is 2.11. The number of fused-ring (bicyclic) bond motifs is 1. The fourth-order valence-electron chi connectivity index (χ4n) is 3.24. The average molecular weight is 316 g/mol. The summed E-state index contributed by atoms with van der Waals surface area (Å²) in [6.07, 6.45) is 4.58. The molecule has 0 saturated carbocycles. The summed E-state index contributed by atoms with van der Waals surface area (Å²) in [4.78, 5) is 17.0. The van der Waals surface area contributed by atoms with E-state index in [0.717, 1.165) is 47.9 Å². The topological polar surface area (TPSA) is 73.0 Å². The summed E-state index contributed by atoms with van der Waals surface area (Å²) in [6, 6.07) is 0.177. The smallest absolute Gasteiger partial charge is 0.223 e. The lowest BCUT2D eigenvalue weighted by molar-refractivity contribution is -0.125. The van der Waals surface area contributed by atoms with Crippen LogP contribution in [0.15, 0.2) is 10.7 Å². The van der Waals surface area contributed by atoms with Crippen molar-refractivity contribution in [2.45, 2.75) is 59.5 Å². The second-order valence-corrected chi connectivity index (χ2v) is 6.60. The molecule has 0 fully saturated rings. The number of imidazole rings is 1. The molecule has 6 nitrogen and oxygen atoms in total. The molecule has 6 heteroatoms. The van der Waals surface area contributed by atoms with Gasteiger partial charge in [0.15, 0.2) is 0 Å². The van der Waals surface area contributed by atoms with Crippen LogP contribution >= 0.6 is 0 Å². The molecule has 124 valence electrons. The second-order valence-electron chi connectivity index (χ2n) is 6.60. The fraction of sp³-hybridized carbons (Fsp3) is 0.588. The van der Waals surface area contributed by atoms with Gasteiger partial charge in [-0.3, -0.25) is 4.79 Å². The van der Waals surface area contributed by atoms with Crippen molar-refractivity contribution < 1.29 is 9.32 Å². The van der Waals surface area contributed by atoms with Crippen LogP contribution in [0.25, 0.3) is 0 Å². The van der Waals surface area contributed by atoms with Gasteiger partial charge in [0.2, 0.25) is 5.91 Å². The highest BCUT2D eigenvalue weighted by molar-refractivity contribution is 5.79. The van der Waals surface area contributed by atoms with Gasteiger partial charge in [0.05, 0.1) is 11.4 Å². The number of rotatable bonds is 4. The average Bonchev–Trinajstić information content (AvgIpc) is 3.02. The van der Waals surface area contributed by atoms with Crippen LogP contribution in [-0.2, 0) is 24.2 Å².